The SMILES string of the molecule is C#Cc1cc(F)c(-c2c(Cl)nc3ncnn3c2N[C@H](C)C(C)C)c(F)c1. The molecule has 0 bridgehead atoms. The lowest BCUT2D eigenvalue weighted by Crippen LogP contribution is -2.24. The summed E-state index contributed by atoms with van der Waals surface area (Å²) in [7, 11) is 0. The van der Waals surface area contributed by atoms with Gasteiger partial charge in [0, 0.05) is 11.6 Å². The number of hydrogen-bond acceptors (Lipinski definition) is 4. The van der Waals surface area contributed by atoms with E-state index in [9.17, 15) is 8.78 Å². The topological polar surface area (TPSA) is 55.1 Å². The normalized spacial score (nSPS) is 12.4. The molecule has 0 spiro atoms. The van der Waals surface area contributed by atoms with Crippen LogP contribution in [0.15, 0.2) is 18.5 Å². The van der Waals surface area contributed by atoms with Crippen molar-refractivity contribution in [3.8, 4) is 23.5 Å². The van der Waals surface area contributed by atoms with Crippen LogP contribution in [0, 0.1) is 29.9 Å². The lowest BCUT2D eigenvalue weighted by Gasteiger charge is -2.22. The molecule has 0 aliphatic carbocycles. The molecule has 134 valence electrons. The molecule has 26 heavy (non-hydrogen) atoms. The van der Waals surface area contributed by atoms with Gasteiger partial charge < -0.3 is 5.32 Å². The van der Waals surface area contributed by atoms with Crippen LogP contribution in [0.2, 0.25) is 5.15 Å². The highest BCUT2D eigenvalue weighted by Crippen LogP contribution is 2.38. The molecule has 0 saturated heterocycles. The highest BCUT2D eigenvalue weighted by atomic mass is 35.5. The predicted octanol–water partition coefficient (Wildman–Crippen LogP) is 4.16. The summed E-state index contributed by atoms with van der Waals surface area (Å²) in [5.74, 6) is 1.33. The van der Waals surface area contributed by atoms with E-state index in [1.807, 2.05) is 20.8 Å². The van der Waals surface area contributed by atoms with Gasteiger partial charge in [-0.3, -0.25) is 0 Å². The van der Waals surface area contributed by atoms with Gasteiger partial charge in [0.05, 0.1) is 11.1 Å². The van der Waals surface area contributed by atoms with Crippen molar-refractivity contribution in [2.75, 3.05) is 5.32 Å². The number of nitrogens with zero attached hydrogens (tertiary/aromatic N) is 4. The zero-order valence-electron chi connectivity index (χ0n) is 14.4. The Morgan fingerprint density at radius 3 is 2.42 bits per heavy atom. The average Bonchev–Trinajstić information content (AvgIpc) is 3.04. The highest BCUT2D eigenvalue weighted by molar-refractivity contribution is 6.33. The number of benzene rings is 1. The molecular weight excluding hydrogens is 360 g/mol. The zero-order valence-corrected chi connectivity index (χ0v) is 15.1. The number of nitrogens with one attached hydrogen (secondary N) is 1. The predicted molar refractivity (Wildman–Crippen MR) is 97.0 cm³/mol. The Morgan fingerprint density at radius 1 is 1.19 bits per heavy atom. The van der Waals surface area contributed by atoms with E-state index >= 15 is 0 Å². The molecule has 1 atom stereocenters. The summed E-state index contributed by atoms with van der Waals surface area (Å²) in [5.41, 5.74) is -0.159. The van der Waals surface area contributed by atoms with E-state index in [2.05, 4.69) is 26.3 Å². The van der Waals surface area contributed by atoms with Crippen LogP contribution in [0.5, 0.6) is 0 Å². The smallest absolute Gasteiger partial charge is 0.255 e. The van der Waals surface area contributed by atoms with Gasteiger partial charge in [-0.1, -0.05) is 31.4 Å². The van der Waals surface area contributed by atoms with E-state index in [1.54, 1.807) is 0 Å². The van der Waals surface area contributed by atoms with Crippen molar-refractivity contribution < 1.29 is 8.78 Å². The number of rotatable bonds is 4. The fraction of sp³-hybridized carbons (Fsp3) is 0.278. The van der Waals surface area contributed by atoms with E-state index in [4.69, 9.17) is 18.0 Å². The molecule has 3 aromatic rings. The molecule has 0 fully saturated rings. The first kappa shape index (κ1) is 18.1. The Bertz CT molecular complexity index is 999. The number of anilines is 1. The van der Waals surface area contributed by atoms with Crippen LogP contribution < -0.4 is 5.32 Å². The van der Waals surface area contributed by atoms with E-state index in [0.29, 0.717) is 5.82 Å². The Labute approximate surface area is 154 Å². The van der Waals surface area contributed by atoms with E-state index in [-0.39, 0.29) is 39.6 Å². The molecular formula is C18H16ClF2N5. The maximum Gasteiger partial charge on any atom is 0.255 e. The van der Waals surface area contributed by atoms with Crippen molar-refractivity contribution in [3.05, 3.63) is 40.8 Å². The Hall–Kier alpha value is -2.72. The van der Waals surface area contributed by atoms with E-state index < -0.39 is 11.6 Å². The monoisotopic (exact) mass is 375 g/mol. The second kappa shape index (κ2) is 6.89. The Balaban J connectivity index is 2.33. The third-order valence-electron chi connectivity index (χ3n) is 4.21. The molecule has 3 rings (SSSR count). The summed E-state index contributed by atoms with van der Waals surface area (Å²) in [5, 5.41) is 7.23. The van der Waals surface area contributed by atoms with Crippen molar-refractivity contribution in [1.29, 1.82) is 0 Å². The van der Waals surface area contributed by atoms with Crippen LogP contribution in [0.25, 0.3) is 16.9 Å². The molecule has 0 unspecified atom stereocenters. The van der Waals surface area contributed by atoms with Crippen molar-refractivity contribution >= 4 is 23.2 Å². The van der Waals surface area contributed by atoms with Crippen LogP contribution in [0.4, 0.5) is 14.6 Å². The number of halogens is 3. The van der Waals surface area contributed by atoms with Gasteiger partial charge in [-0.15, -0.1) is 6.42 Å². The second-order valence-electron chi connectivity index (χ2n) is 6.23. The molecule has 2 aromatic heterocycles. The molecule has 0 amide bonds. The molecule has 0 radical (unpaired) electrons. The summed E-state index contributed by atoms with van der Waals surface area (Å²) < 4.78 is 30.7. The molecule has 0 aliphatic heterocycles. The number of terminal acetylenes is 1. The first-order valence-corrected chi connectivity index (χ1v) is 8.33. The van der Waals surface area contributed by atoms with Gasteiger partial charge in [0.15, 0.2) is 0 Å². The fourth-order valence-corrected chi connectivity index (χ4v) is 2.71. The van der Waals surface area contributed by atoms with Crippen LogP contribution in [-0.4, -0.2) is 25.6 Å². The maximum atomic E-state index is 14.7. The van der Waals surface area contributed by atoms with Gasteiger partial charge in [-0.2, -0.15) is 19.6 Å². The minimum atomic E-state index is -0.832. The highest BCUT2D eigenvalue weighted by Gasteiger charge is 2.25. The minimum Gasteiger partial charge on any atom is -0.367 e. The molecule has 1 N–H and O–H groups in total. The molecule has 1 aromatic carbocycles. The summed E-state index contributed by atoms with van der Waals surface area (Å²) in [6, 6.07) is 2.13. The largest absolute Gasteiger partial charge is 0.367 e. The quantitative estimate of drug-likeness (QED) is 0.549. The van der Waals surface area contributed by atoms with Gasteiger partial charge in [0.2, 0.25) is 0 Å². The average molecular weight is 376 g/mol. The summed E-state index contributed by atoms with van der Waals surface area (Å²) in [4.78, 5) is 8.09. The molecule has 2 heterocycles. The number of hydrogen-bond donors (Lipinski definition) is 1. The zero-order chi connectivity index (χ0) is 19.0. The molecule has 8 heteroatoms. The van der Waals surface area contributed by atoms with Gasteiger partial charge in [0.25, 0.3) is 5.78 Å². The number of aromatic nitrogens is 4. The molecule has 5 nitrogen and oxygen atoms in total. The van der Waals surface area contributed by atoms with Crippen LogP contribution in [0.3, 0.4) is 0 Å². The Morgan fingerprint density at radius 2 is 1.85 bits per heavy atom. The van der Waals surface area contributed by atoms with Crippen LogP contribution in [0.1, 0.15) is 26.3 Å². The van der Waals surface area contributed by atoms with Crippen LogP contribution >= 0.6 is 11.6 Å². The lowest BCUT2D eigenvalue weighted by atomic mass is 10.0. The third kappa shape index (κ3) is 3.08. The van der Waals surface area contributed by atoms with Crippen molar-refractivity contribution in [2.24, 2.45) is 5.92 Å². The van der Waals surface area contributed by atoms with Crippen molar-refractivity contribution in [2.45, 2.75) is 26.8 Å². The first-order chi connectivity index (χ1) is 12.3. The molecule has 0 aliphatic rings. The summed E-state index contributed by atoms with van der Waals surface area (Å²) in [6.45, 7) is 5.97. The lowest BCUT2D eigenvalue weighted by molar-refractivity contribution is 0.556. The van der Waals surface area contributed by atoms with E-state index in [0.717, 1.165) is 12.1 Å². The van der Waals surface area contributed by atoms with Crippen LogP contribution in [-0.2, 0) is 0 Å². The maximum absolute atomic E-state index is 14.7. The minimum absolute atomic E-state index is 0.0317. The van der Waals surface area contributed by atoms with Crippen molar-refractivity contribution in [1.82, 2.24) is 19.6 Å². The molecule has 0 saturated carbocycles. The van der Waals surface area contributed by atoms with Crippen molar-refractivity contribution in [3.63, 3.8) is 0 Å². The van der Waals surface area contributed by atoms with Gasteiger partial charge >= 0.3 is 0 Å². The Kier molecular flexibility index (Phi) is 4.79. The first-order valence-electron chi connectivity index (χ1n) is 7.95. The van der Waals surface area contributed by atoms with Gasteiger partial charge in [-0.05, 0) is 25.0 Å². The summed E-state index contributed by atoms with van der Waals surface area (Å²) >= 11 is 6.27. The standard InChI is InChI=1S/C18H16ClF2N5/c1-5-11-6-12(20)14(13(21)7-11)15-16(19)25-18-22-8-23-26(18)17(15)24-10(4)9(2)3/h1,6-10,24H,2-4H3/t10-/m1/s1. The second-order valence-corrected chi connectivity index (χ2v) is 6.59. The third-order valence-corrected chi connectivity index (χ3v) is 4.48. The van der Waals surface area contributed by atoms with Gasteiger partial charge in [-0.25, -0.2) is 8.78 Å². The van der Waals surface area contributed by atoms with E-state index in [1.165, 1.54) is 10.8 Å². The summed E-state index contributed by atoms with van der Waals surface area (Å²) in [6.07, 6.45) is 6.53. The van der Waals surface area contributed by atoms with Gasteiger partial charge in [0.1, 0.15) is 28.9 Å². The number of fused-ring (bicyclic) bond motifs is 1. The fourth-order valence-electron chi connectivity index (χ4n) is 2.45.